The summed E-state index contributed by atoms with van der Waals surface area (Å²) in [5.41, 5.74) is -1.91. The number of aromatic nitrogens is 1. The van der Waals surface area contributed by atoms with Crippen LogP contribution in [0.3, 0.4) is 0 Å². The van der Waals surface area contributed by atoms with Crippen molar-refractivity contribution >= 4 is 34.8 Å². The summed E-state index contributed by atoms with van der Waals surface area (Å²) in [6, 6.07) is 3.34. The number of carbonyl (C=O) groups excluding carboxylic acids is 1. The molecule has 0 aliphatic carbocycles. The van der Waals surface area contributed by atoms with Crippen LogP contribution in [0.1, 0.15) is 5.56 Å². The van der Waals surface area contributed by atoms with E-state index in [2.05, 4.69) is 5.32 Å². The topological polar surface area (TPSA) is 69.6 Å². The van der Waals surface area contributed by atoms with Gasteiger partial charge in [0.25, 0.3) is 5.56 Å². The van der Waals surface area contributed by atoms with Gasteiger partial charge in [0.2, 0.25) is 12.7 Å². The molecule has 0 bridgehead atoms. The van der Waals surface area contributed by atoms with E-state index in [4.69, 9.17) is 32.7 Å². The fourth-order valence-electron chi connectivity index (χ4n) is 2.23. The molecule has 1 aliphatic rings. The number of hydrogen-bond acceptors (Lipinski definition) is 4. The molecule has 1 aromatic carbocycles. The van der Waals surface area contributed by atoms with E-state index >= 15 is 0 Å². The summed E-state index contributed by atoms with van der Waals surface area (Å²) in [6.45, 7) is -0.686. The molecule has 26 heavy (non-hydrogen) atoms. The van der Waals surface area contributed by atoms with E-state index in [0.717, 1.165) is 0 Å². The first-order valence-corrected chi connectivity index (χ1v) is 7.77. The summed E-state index contributed by atoms with van der Waals surface area (Å²) in [5, 5.41) is 1.89. The van der Waals surface area contributed by atoms with Gasteiger partial charge in [-0.3, -0.25) is 9.59 Å². The van der Waals surface area contributed by atoms with Gasteiger partial charge in [0.15, 0.2) is 11.5 Å². The van der Waals surface area contributed by atoms with Crippen LogP contribution < -0.4 is 20.3 Å². The molecule has 2 heterocycles. The van der Waals surface area contributed by atoms with Crippen molar-refractivity contribution in [3.8, 4) is 11.5 Å². The zero-order valence-electron chi connectivity index (χ0n) is 12.7. The third kappa shape index (κ3) is 3.73. The number of halogens is 5. The zero-order valence-corrected chi connectivity index (χ0v) is 14.2. The number of ether oxygens (including phenoxy) is 2. The number of alkyl halides is 3. The smallest absolute Gasteiger partial charge is 0.417 e. The second-order valence-corrected chi connectivity index (χ2v) is 6.06. The molecule has 0 atom stereocenters. The monoisotopic (exact) mass is 408 g/mol. The minimum atomic E-state index is -4.71. The lowest BCUT2D eigenvalue weighted by atomic mass is 10.2. The van der Waals surface area contributed by atoms with Crippen LogP contribution >= 0.6 is 23.2 Å². The Kier molecular flexibility index (Phi) is 4.76. The van der Waals surface area contributed by atoms with E-state index in [0.29, 0.717) is 28.3 Å². The molecule has 11 heteroatoms. The van der Waals surface area contributed by atoms with Gasteiger partial charge in [0, 0.05) is 18.3 Å². The van der Waals surface area contributed by atoms with Crippen molar-refractivity contribution in [1.82, 2.24) is 4.57 Å². The Morgan fingerprint density at radius 2 is 1.81 bits per heavy atom. The summed E-state index contributed by atoms with van der Waals surface area (Å²) in [5.74, 6) is -0.0267. The highest BCUT2D eigenvalue weighted by Crippen LogP contribution is 2.39. The first-order valence-electron chi connectivity index (χ1n) is 7.01. The molecule has 0 spiro atoms. The number of hydrogen-bond donors (Lipinski definition) is 1. The molecule has 1 aromatic heterocycles. The second kappa shape index (κ2) is 6.73. The Hall–Kier alpha value is -2.39. The lowest BCUT2D eigenvalue weighted by molar-refractivity contribution is -0.138. The van der Waals surface area contributed by atoms with E-state index in [1.807, 2.05) is 0 Å². The third-order valence-electron chi connectivity index (χ3n) is 3.42. The number of nitrogens with one attached hydrogen (secondary N) is 1. The van der Waals surface area contributed by atoms with Crippen LogP contribution in [0.15, 0.2) is 29.2 Å². The first-order chi connectivity index (χ1) is 12.1. The molecular weight excluding hydrogens is 400 g/mol. The molecule has 0 saturated heterocycles. The standard InChI is InChI=1S/C15H9Cl2F3N2O4/c16-8-2-11-12(26-6-25-11)3-10(8)21-13(23)5-22-4-7(15(18,19)20)1-9(17)14(22)24/h1-4H,5-6H2,(H,21,23). The average molecular weight is 409 g/mol. The van der Waals surface area contributed by atoms with Gasteiger partial charge in [0.05, 0.1) is 16.3 Å². The summed E-state index contributed by atoms with van der Waals surface area (Å²) in [6.07, 6.45) is -4.19. The summed E-state index contributed by atoms with van der Waals surface area (Å²) < 4.78 is 49.3. The van der Waals surface area contributed by atoms with Crippen molar-refractivity contribution in [2.45, 2.75) is 12.7 Å². The van der Waals surface area contributed by atoms with E-state index in [-0.39, 0.29) is 17.5 Å². The quantitative estimate of drug-likeness (QED) is 0.842. The number of anilines is 1. The second-order valence-electron chi connectivity index (χ2n) is 5.24. The summed E-state index contributed by atoms with van der Waals surface area (Å²) in [7, 11) is 0. The molecule has 138 valence electrons. The van der Waals surface area contributed by atoms with Crippen LogP contribution in [-0.4, -0.2) is 17.3 Å². The summed E-state index contributed by atoms with van der Waals surface area (Å²) >= 11 is 11.5. The fraction of sp³-hybridized carbons (Fsp3) is 0.200. The fourth-order valence-corrected chi connectivity index (χ4v) is 2.66. The molecular formula is C15H9Cl2F3N2O4. The van der Waals surface area contributed by atoms with Gasteiger partial charge in [-0.05, 0) is 6.07 Å². The van der Waals surface area contributed by atoms with Crippen LogP contribution in [0.25, 0.3) is 0 Å². The van der Waals surface area contributed by atoms with Gasteiger partial charge in [0.1, 0.15) is 11.6 Å². The van der Waals surface area contributed by atoms with Crippen molar-refractivity contribution in [3.05, 3.63) is 50.4 Å². The number of rotatable bonds is 3. The number of carbonyl (C=O) groups is 1. The molecule has 1 amide bonds. The number of pyridine rings is 1. The van der Waals surface area contributed by atoms with Gasteiger partial charge in [-0.1, -0.05) is 23.2 Å². The Morgan fingerprint density at radius 1 is 1.15 bits per heavy atom. The van der Waals surface area contributed by atoms with Gasteiger partial charge in [-0.25, -0.2) is 0 Å². The minimum Gasteiger partial charge on any atom is -0.454 e. The molecule has 0 saturated carbocycles. The number of nitrogens with zero attached hydrogens (tertiary/aromatic N) is 1. The zero-order chi connectivity index (χ0) is 19.1. The Morgan fingerprint density at radius 3 is 2.46 bits per heavy atom. The molecule has 6 nitrogen and oxygen atoms in total. The third-order valence-corrected chi connectivity index (χ3v) is 4.00. The van der Waals surface area contributed by atoms with E-state index in [1.54, 1.807) is 0 Å². The summed E-state index contributed by atoms with van der Waals surface area (Å²) in [4.78, 5) is 24.0. The molecule has 0 unspecified atom stereocenters. The molecule has 0 fully saturated rings. The predicted octanol–water partition coefficient (Wildman–Crippen LogP) is 3.54. The van der Waals surface area contributed by atoms with Crippen molar-refractivity contribution in [2.24, 2.45) is 0 Å². The van der Waals surface area contributed by atoms with Gasteiger partial charge in [-0.15, -0.1) is 0 Å². The number of fused-ring (bicyclic) bond motifs is 1. The Bertz CT molecular complexity index is 944. The molecule has 2 aromatic rings. The molecule has 3 rings (SSSR count). The molecule has 1 N–H and O–H groups in total. The van der Waals surface area contributed by atoms with Crippen molar-refractivity contribution in [1.29, 1.82) is 0 Å². The largest absolute Gasteiger partial charge is 0.454 e. The van der Waals surface area contributed by atoms with Crippen molar-refractivity contribution in [2.75, 3.05) is 12.1 Å². The predicted molar refractivity (Wildman–Crippen MR) is 86.9 cm³/mol. The number of amides is 1. The van der Waals surface area contributed by atoms with E-state index in [1.165, 1.54) is 12.1 Å². The van der Waals surface area contributed by atoms with E-state index < -0.39 is 34.8 Å². The minimum absolute atomic E-state index is 0.00118. The first kappa shape index (κ1) is 18.4. The highest BCUT2D eigenvalue weighted by atomic mass is 35.5. The maximum atomic E-state index is 12.8. The average Bonchev–Trinajstić information content (AvgIpc) is 2.98. The van der Waals surface area contributed by atoms with Gasteiger partial charge >= 0.3 is 6.18 Å². The maximum absolute atomic E-state index is 12.8. The lowest BCUT2D eigenvalue weighted by Gasteiger charge is -2.12. The van der Waals surface area contributed by atoms with Gasteiger partial charge in [-0.2, -0.15) is 13.2 Å². The van der Waals surface area contributed by atoms with Crippen LogP contribution in [-0.2, 0) is 17.5 Å². The van der Waals surface area contributed by atoms with Crippen LogP contribution in [0.4, 0.5) is 18.9 Å². The van der Waals surface area contributed by atoms with Crippen LogP contribution in [0.5, 0.6) is 11.5 Å². The normalized spacial score (nSPS) is 13.0. The van der Waals surface area contributed by atoms with Gasteiger partial charge < -0.3 is 19.4 Å². The molecule has 1 aliphatic heterocycles. The van der Waals surface area contributed by atoms with Crippen LogP contribution in [0.2, 0.25) is 10.0 Å². The molecule has 0 radical (unpaired) electrons. The Balaban J connectivity index is 1.83. The highest BCUT2D eigenvalue weighted by Gasteiger charge is 2.32. The number of benzene rings is 1. The Labute approximate surface area is 154 Å². The SMILES string of the molecule is O=C(Cn1cc(C(F)(F)F)cc(Cl)c1=O)Nc1cc2c(cc1Cl)OCO2. The van der Waals surface area contributed by atoms with Crippen molar-refractivity contribution in [3.63, 3.8) is 0 Å². The highest BCUT2D eigenvalue weighted by molar-refractivity contribution is 6.34. The van der Waals surface area contributed by atoms with E-state index in [9.17, 15) is 22.8 Å². The van der Waals surface area contributed by atoms with Crippen LogP contribution in [0, 0.1) is 0 Å². The maximum Gasteiger partial charge on any atom is 0.417 e. The van der Waals surface area contributed by atoms with Crippen molar-refractivity contribution < 1.29 is 27.4 Å². The lowest BCUT2D eigenvalue weighted by Crippen LogP contribution is -2.29.